The second kappa shape index (κ2) is 3.82. The van der Waals surface area contributed by atoms with Crippen LogP contribution in [0.1, 0.15) is 6.92 Å². The maximum atomic E-state index is 2.22. The summed E-state index contributed by atoms with van der Waals surface area (Å²) in [6.45, 7) is 2.22. The molecule has 1 aromatic rings. The van der Waals surface area contributed by atoms with Crippen molar-refractivity contribution in [1.82, 2.24) is 0 Å². The van der Waals surface area contributed by atoms with Crippen molar-refractivity contribution in [2.75, 3.05) is 0 Å². The monoisotopic (exact) mass is 212 g/mol. The van der Waals surface area contributed by atoms with Crippen LogP contribution >= 0.6 is 0 Å². The molecule has 1 aromatic carbocycles. The number of benzene rings is 1. The molecule has 0 nitrogen and oxygen atoms in total. The van der Waals surface area contributed by atoms with Gasteiger partial charge in [0.25, 0.3) is 0 Å². The van der Waals surface area contributed by atoms with Gasteiger partial charge in [0.05, 0.1) is 0 Å². The van der Waals surface area contributed by atoms with Gasteiger partial charge in [0.1, 0.15) is 0 Å². The van der Waals surface area contributed by atoms with Crippen molar-refractivity contribution in [3.63, 3.8) is 0 Å². The molecule has 52 valence electrons. The molecule has 0 heterocycles. The molecule has 0 N–H and O–H groups in total. The van der Waals surface area contributed by atoms with Gasteiger partial charge in [-0.05, 0) is 0 Å². The fourth-order valence-electron chi connectivity index (χ4n) is 0.606. The third-order valence-corrected chi connectivity index (χ3v) is 2.66. The first-order valence-corrected chi connectivity index (χ1v) is 4.88. The average molecular weight is 213 g/mol. The fourth-order valence-corrected chi connectivity index (χ4v) is 1.91. The minimum absolute atomic E-state index is 0.810. The molecule has 0 radical (unpaired) electrons. The quantitative estimate of drug-likeness (QED) is 0.657. The summed E-state index contributed by atoms with van der Waals surface area (Å²) in [6.07, 6.45) is 0. The molecule has 0 aliphatic carbocycles. The third kappa shape index (κ3) is 2.30. The van der Waals surface area contributed by atoms with Crippen molar-refractivity contribution in [2.24, 2.45) is 0 Å². The summed E-state index contributed by atoms with van der Waals surface area (Å²) in [6, 6.07) is 10.6. The molecular formula is C8H10Pd. The van der Waals surface area contributed by atoms with Crippen LogP contribution in [0.4, 0.5) is 0 Å². The molecule has 0 aromatic heterocycles. The van der Waals surface area contributed by atoms with Gasteiger partial charge in [0.15, 0.2) is 0 Å². The molecule has 0 unspecified atom stereocenters. The van der Waals surface area contributed by atoms with E-state index in [4.69, 9.17) is 0 Å². The van der Waals surface area contributed by atoms with E-state index in [9.17, 15) is 0 Å². The predicted octanol–water partition coefficient (Wildman–Crippen LogP) is 1.83. The van der Waals surface area contributed by atoms with E-state index in [1.165, 1.54) is 8.93 Å². The van der Waals surface area contributed by atoms with E-state index in [0.29, 0.717) is 0 Å². The summed E-state index contributed by atoms with van der Waals surface area (Å²) >= 11 is 0.810. The van der Waals surface area contributed by atoms with E-state index in [1.54, 1.807) is 0 Å². The topological polar surface area (TPSA) is 0 Å². The number of hydrogen-bond acceptors (Lipinski definition) is 0. The molecule has 0 spiro atoms. The van der Waals surface area contributed by atoms with Gasteiger partial charge in [-0.25, -0.2) is 0 Å². The van der Waals surface area contributed by atoms with E-state index in [1.807, 2.05) is 0 Å². The van der Waals surface area contributed by atoms with Crippen molar-refractivity contribution < 1.29 is 18.0 Å². The summed E-state index contributed by atoms with van der Waals surface area (Å²) in [5, 5.41) is 0. The Morgan fingerprint density at radius 1 is 1.22 bits per heavy atom. The van der Waals surface area contributed by atoms with Gasteiger partial charge in [-0.1, -0.05) is 0 Å². The van der Waals surface area contributed by atoms with Crippen LogP contribution in [0.3, 0.4) is 0 Å². The van der Waals surface area contributed by atoms with Crippen LogP contribution in [-0.4, -0.2) is 0 Å². The van der Waals surface area contributed by atoms with Crippen LogP contribution in [0.25, 0.3) is 0 Å². The summed E-state index contributed by atoms with van der Waals surface area (Å²) < 4.78 is 1.49. The normalized spacial score (nSPS) is 9.89. The minimum atomic E-state index is 0.810. The molecule has 0 saturated heterocycles. The Labute approximate surface area is 64.4 Å². The molecule has 0 amide bonds. The Morgan fingerprint density at radius 3 is 2.44 bits per heavy atom. The summed E-state index contributed by atoms with van der Waals surface area (Å²) in [4.78, 5) is 1.29. The molecule has 0 aliphatic rings. The zero-order valence-electron chi connectivity index (χ0n) is 5.41. The summed E-state index contributed by atoms with van der Waals surface area (Å²) in [7, 11) is 0. The van der Waals surface area contributed by atoms with Gasteiger partial charge in [0, 0.05) is 0 Å². The molecule has 0 bridgehead atoms. The molecule has 0 saturated carbocycles. The first-order chi connectivity index (χ1) is 4.43. The van der Waals surface area contributed by atoms with Gasteiger partial charge in [-0.3, -0.25) is 0 Å². The summed E-state index contributed by atoms with van der Waals surface area (Å²) in [5.74, 6) is 0. The van der Waals surface area contributed by atoms with Gasteiger partial charge >= 0.3 is 64.2 Å². The van der Waals surface area contributed by atoms with Gasteiger partial charge in [-0.2, -0.15) is 0 Å². The predicted molar refractivity (Wildman–Crippen MR) is 36.6 cm³/mol. The zero-order valence-corrected chi connectivity index (χ0v) is 6.96. The van der Waals surface area contributed by atoms with E-state index in [0.717, 1.165) is 18.0 Å². The van der Waals surface area contributed by atoms with E-state index in [-0.39, 0.29) is 0 Å². The van der Waals surface area contributed by atoms with Crippen LogP contribution < -0.4 is 4.04 Å². The Bertz CT molecular complexity index is 157. The molecule has 1 heteroatoms. The maximum absolute atomic E-state index is 2.22. The average Bonchev–Trinajstić information content (AvgIpc) is 1.91. The van der Waals surface area contributed by atoms with E-state index >= 15 is 0 Å². The van der Waals surface area contributed by atoms with Crippen LogP contribution in [-0.2, 0) is 18.0 Å². The molecule has 0 aliphatic heterocycles. The van der Waals surface area contributed by atoms with Crippen LogP contribution in [0, 0.1) is 0 Å². The molecule has 9 heavy (non-hydrogen) atoms. The van der Waals surface area contributed by atoms with E-state index in [2.05, 4.69) is 37.3 Å². The summed E-state index contributed by atoms with van der Waals surface area (Å²) in [5.41, 5.74) is 0. The Kier molecular flexibility index (Phi) is 2.97. The molecule has 0 atom stereocenters. The molecular weight excluding hydrogens is 203 g/mol. The van der Waals surface area contributed by atoms with Crippen LogP contribution in [0.5, 0.6) is 0 Å². The van der Waals surface area contributed by atoms with Crippen LogP contribution in [0.2, 0.25) is 4.89 Å². The van der Waals surface area contributed by atoms with Gasteiger partial charge in [-0.15, -0.1) is 0 Å². The Morgan fingerprint density at radius 2 is 1.89 bits per heavy atom. The molecule has 1 rings (SSSR count). The van der Waals surface area contributed by atoms with Crippen molar-refractivity contribution in [3.8, 4) is 0 Å². The first-order valence-electron chi connectivity index (χ1n) is 3.00. The Balaban J connectivity index is 2.61. The van der Waals surface area contributed by atoms with Gasteiger partial charge in [0.2, 0.25) is 0 Å². The molecule has 0 fully saturated rings. The van der Waals surface area contributed by atoms with Crippen molar-refractivity contribution in [3.05, 3.63) is 30.3 Å². The Hall–Kier alpha value is -0.118. The number of hydrogen-bond donors (Lipinski definition) is 0. The SMILES string of the molecule is C[CH2][Pd][c]1ccccc1. The van der Waals surface area contributed by atoms with Crippen molar-refractivity contribution in [2.45, 2.75) is 11.8 Å². The van der Waals surface area contributed by atoms with Crippen molar-refractivity contribution in [1.29, 1.82) is 0 Å². The fraction of sp³-hybridized carbons (Fsp3) is 0.250. The second-order valence-corrected chi connectivity index (χ2v) is 4.14. The first kappa shape index (κ1) is 6.99. The standard InChI is InChI=1S/C6H5.C2H5.Pd/c1-2-4-6-5-3-1;1-2;/h1-5H;1H2,2H3;. The number of rotatable bonds is 2. The van der Waals surface area contributed by atoms with E-state index < -0.39 is 0 Å². The second-order valence-electron chi connectivity index (χ2n) is 1.60. The van der Waals surface area contributed by atoms with Crippen molar-refractivity contribution >= 4 is 4.04 Å². The third-order valence-electron chi connectivity index (χ3n) is 0.953. The van der Waals surface area contributed by atoms with Gasteiger partial charge < -0.3 is 0 Å². The van der Waals surface area contributed by atoms with Crippen LogP contribution in [0.15, 0.2) is 30.3 Å². The zero-order chi connectivity index (χ0) is 6.53.